The summed E-state index contributed by atoms with van der Waals surface area (Å²) >= 11 is 5.91. The van der Waals surface area contributed by atoms with Crippen molar-refractivity contribution in [3.05, 3.63) is 69.9 Å². The van der Waals surface area contributed by atoms with Crippen LogP contribution in [0.1, 0.15) is 24.1 Å². The Hall–Kier alpha value is -3.19. The topological polar surface area (TPSA) is 77.1 Å². The summed E-state index contributed by atoms with van der Waals surface area (Å²) in [6, 6.07) is 11.7. The second-order valence-corrected chi connectivity index (χ2v) is 7.19. The third-order valence-electron chi connectivity index (χ3n) is 4.99. The van der Waals surface area contributed by atoms with E-state index in [-0.39, 0.29) is 6.03 Å². The SMILES string of the molecule is COC(=O)C1=C(C)N(C)C(=O)NC1c1ccc(OCc2ccc(Cl)cc2)c(OC)c1. The Bertz CT molecular complexity index is 988. The van der Waals surface area contributed by atoms with E-state index in [0.717, 1.165) is 5.56 Å². The van der Waals surface area contributed by atoms with Crippen LogP contribution in [-0.2, 0) is 16.1 Å². The van der Waals surface area contributed by atoms with Crippen LogP contribution >= 0.6 is 11.6 Å². The Morgan fingerprint density at radius 3 is 2.47 bits per heavy atom. The van der Waals surface area contributed by atoms with Gasteiger partial charge in [-0.25, -0.2) is 9.59 Å². The van der Waals surface area contributed by atoms with Crippen molar-refractivity contribution in [1.82, 2.24) is 10.2 Å². The molecule has 0 spiro atoms. The highest BCUT2D eigenvalue weighted by molar-refractivity contribution is 6.30. The highest BCUT2D eigenvalue weighted by Crippen LogP contribution is 2.36. The number of hydrogen-bond donors (Lipinski definition) is 1. The number of carbonyl (C=O) groups excluding carboxylic acids is 2. The fourth-order valence-electron chi connectivity index (χ4n) is 3.18. The Kier molecular flexibility index (Phi) is 6.52. The lowest BCUT2D eigenvalue weighted by Gasteiger charge is -2.33. The number of amides is 2. The molecule has 1 aliphatic heterocycles. The first-order chi connectivity index (χ1) is 14.3. The lowest BCUT2D eigenvalue weighted by molar-refractivity contribution is -0.136. The van der Waals surface area contributed by atoms with Gasteiger partial charge in [-0.3, -0.25) is 0 Å². The third-order valence-corrected chi connectivity index (χ3v) is 5.24. The molecule has 1 N–H and O–H groups in total. The maximum Gasteiger partial charge on any atom is 0.337 e. The van der Waals surface area contributed by atoms with E-state index in [1.54, 1.807) is 44.3 Å². The molecule has 3 rings (SSSR count). The number of urea groups is 1. The smallest absolute Gasteiger partial charge is 0.337 e. The molecule has 1 heterocycles. The van der Waals surface area contributed by atoms with E-state index < -0.39 is 12.0 Å². The molecule has 30 heavy (non-hydrogen) atoms. The highest BCUT2D eigenvalue weighted by Gasteiger charge is 2.35. The maximum atomic E-state index is 12.4. The van der Waals surface area contributed by atoms with E-state index in [4.69, 9.17) is 25.8 Å². The van der Waals surface area contributed by atoms with Crippen LogP contribution in [0.2, 0.25) is 5.02 Å². The predicted molar refractivity (Wildman–Crippen MR) is 113 cm³/mol. The maximum absolute atomic E-state index is 12.4. The van der Waals surface area contributed by atoms with E-state index in [9.17, 15) is 9.59 Å². The van der Waals surface area contributed by atoms with Gasteiger partial charge in [0.2, 0.25) is 0 Å². The average Bonchev–Trinajstić information content (AvgIpc) is 2.76. The van der Waals surface area contributed by atoms with Gasteiger partial charge >= 0.3 is 12.0 Å². The summed E-state index contributed by atoms with van der Waals surface area (Å²) in [6.07, 6.45) is 0. The lowest BCUT2D eigenvalue weighted by atomic mass is 9.94. The number of ether oxygens (including phenoxy) is 3. The monoisotopic (exact) mass is 430 g/mol. The van der Waals surface area contributed by atoms with Crippen LogP contribution in [0, 0.1) is 0 Å². The summed E-state index contributed by atoms with van der Waals surface area (Å²) in [5.41, 5.74) is 2.51. The first-order valence-corrected chi connectivity index (χ1v) is 9.62. The number of nitrogens with one attached hydrogen (secondary N) is 1. The quantitative estimate of drug-likeness (QED) is 0.699. The molecule has 2 aromatic rings. The van der Waals surface area contributed by atoms with Gasteiger partial charge in [0.1, 0.15) is 6.61 Å². The van der Waals surface area contributed by atoms with Gasteiger partial charge in [-0.05, 0) is 42.3 Å². The molecule has 1 aliphatic rings. The first-order valence-electron chi connectivity index (χ1n) is 9.24. The van der Waals surface area contributed by atoms with E-state index in [0.29, 0.717) is 40.0 Å². The Balaban J connectivity index is 1.89. The third kappa shape index (κ3) is 4.36. The molecule has 0 aromatic heterocycles. The molecular weight excluding hydrogens is 408 g/mol. The molecule has 0 bridgehead atoms. The molecule has 158 valence electrons. The second kappa shape index (κ2) is 9.09. The van der Waals surface area contributed by atoms with Crippen LogP contribution in [0.25, 0.3) is 0 Å². The normalized spacial score (nSPS) is 16.2. The van der Waals surface area contributed by atoms with Gasteiger partial charge in [0.15, 0.2) is 11.5 Å². The van der Waals surface area contributed by atoms with Crippen molar-refractivity contribution in [3.8, 4) is 11.5 Å². The zero-order valence-corrected chi connectivity index (χ0v) is 17.9. The van der Waals surface area contributed by atoms with Crippen LogP contribution in [0.3, 0.4) is 0 Å². The van der Waals surface area contributed by atoms with Gasteiger partial charge in [0, 0.05) is 17.8 Å². The molecule has 1 unspecified atom stereocenters. The molecular formula is C22H23ClN2O5. The van der Waals surface area contributed by atoms with Gasteiger partial charge in [0.25, 0.3) is 0 Å². The summed E-state index contributed by atoms with van der Waals surface area (Å²) in [5.74, 6) is 0.513. The molecule has 0 radical (unpaired) electrons. The number of benzene rings is 2. The number of halogens is 1. The zero-order valence-electron chi connectivity index (χ0n) is 17.2. The molecule has 8 heteroatoms. The van der Waals surface area contributed by atoms with Gasteiger partial charge in [-0.15, -0.1) is 0 Å². The number of esters is 1. The molecule has 0 fully saturated rings. The number of carbonyl (C=O) groups is 2. The summed E-state index contributed by atoms with van der Waals surface area (Å²) in [4.78, 5) is 26.1. The summed E-state index contributed by atoms with van der Waals surface area (Å²) in [6.45, 7) is 2.04. The Morgan fingerprint density at radius 2 is 1.83 bits per heavy atom. The van der Waals surface area contributed by atoms with Crippen LogP contribution in [0.4, 0.5) is 4.79 Å². The second-order valence-electron chi connectivity index (χ2n) is 6.76. The summed E-state index contributed by atoms with van der Waals surface area (Å²) in [7, 11) is 4.44. The minimum Gasteiger partial charge on any atom is -0.493 e. The van der Waals surface area contributed by atoms with Crippen molar-refractivity contribution in [2.75, 3.05) is 21.3 Å². The Labute approximate surface area is 180 Å². The summed E-state index contributed by atoms with van der Waals surface area (Å²) < 4.78 is 16.3. The van der Waals surface area contributed by atoms with Crippen molar-refractivity contribution in [2.24, 2.45) is 0 Å². The van der Waals surface area contributed by atoms with Crippen LogP contribution in [-0.4, -0.2) is 38.2 Å². The van der Waals surface area contributed by atoms with Gasteiger partial charge in [0.05, 0.1) is 25.8 Å². The molecule has 2 amide bonds. The van der Waals surface area contributed by atoms with Crippen molar-refractivity contribution < 1.29 is 23.8 Å². The molecule has 2 aromatic carbocycles. The number of hydrogen-bond acceptors (Lipinski definition) is 5. The van der Waals surface area contributed by atoms with Gasteiger partial charge < -0.3 is 24.4 Å². The van der Waals surface area contributed by atoms with Crippen LogP contribution < -0.4 is 14.8 Å². The largest absolute Gasteiger partial charge is 0.493 e. The molecule has 0 aliphatic carbocycles. The standard InChI is InChI=1S/C22H23ClN2O5/c1-13-19(21(26)29-4)20(24-22(27)25(13)2)15-7-10-17(18(11-15)28-3)30-12-14-5-8-16(23)9-6-14/h5-11,20H,12H2,1-4H3,(H,24,27). The molecule has 1 atom stereocenters. The van der Waals surface area contributed by atoms with Crippen LogP contribution in [0.15, 0.2) is 53.7 Å². The number of allylic oxidation sites excluding steroid dienone is 1. The van der Waals surface area contributed by atoms with Crippen molar-refractivity contribution in [2.45, 2.75) is 19.6 Å². The molecule has 0 saturated heterocycles. The minimum absolute atomic E-state index is 0.313. The lowest BCUT2D eigenvalue weighted by Crippen LogP contribution is -2.46. The van der Waals surface area contributed by atoms with Crippen molar-refractivity contribution >= 4 is 23.6 Å². The number of nitrogens with zero attached hydrogens (tertiary/aromatic N) is 1. The highest BCUT2D eigenvalue weighted by atomic mass is 35.5. The molecule has 0 saturated carbocycles. The van der Waals surface area contributed by atoms with Gasteiger partial charge in [-0.2, -0.15) is 0 Å². The van der Waals surface area contributed by atoms with Crippen molar-refractivity contribution in [3.63, 3.8) is 0 Å². The van der Waals surface area contributed by atoms with E-state index >= 15 is 0 Å². The van der Waals surface area contributed by atoms with Gasteiger partial charge in [-0.1, -0.05) is 29.8 Å². The number of rotatable bonds is 6. The minimum atomic E-state index is -0.666. The van der Waals surface area contributed by atoms with E-state index in [1.165, 1.54) is 19.1 Å². The molecule has 7 nitrogen and oxygen atoms in total. The van der Waals surface area contributed by atoms with E-state index in [1.807, 2.05) is 12.1 Å². The fraction of sp³-hybridized carbons (Fsp3) is 0.273. The average molecular weight is 431 g/mol. The zero-order chi connectivity index (χ0) is 21.8. The first kappa shape index (κ1) is 21.5. The summed E-state index contributed by atoms with van der Waals surface area (Å²) in [5, 5.41) is 3.49. The predicted octanol–water partition coefficient (Wildman–Crippen LogP) is 4.07. The van der Waals surface area contributed by atoms with Crippen molar-refractivity contribution in [1.29, 1.82) is 0 Å². The van der Waals surface area contributed by atoms with E-state index in [2.05, 4.69) is 5.32 Å². The Morgan fingerprint density at radius 1 is 1.13 bits per heavy atom. The number of methoxy groups -OCH3 is 2. The van der Waals surface area contributed by atoms with Crippen LogP contribution in [0.5, 0.6) is 11.5 Å². The fourth-order valence-corrected chi connectivity index (χ4v) is 3.31.